The van der Waals surface area contributed by atoms with Crippen LogP contribution in [0, 0.1) is 15.9 Å². The molecule has 10 heteroatoms. The molecule has 0 fully saturated rings. The van der Waals surface area contributed by atoms with Crippen LogP contribution in [0.4, 0.5) is 10.1 Å². The first-order chi connectivity index (χ1) is 11.3. The van der Waals surface area contributed by atoms with Crippen LogP contribution in [0.15, 0.2) is 16.6 Å². The number of carbonyl (C=O) groups excluding carboxylic acids is 1. The lowest BCUT2D eigenvalue weighted by molar-refractivity contribution is -0.384. The molecule has 0 saturated carbocycles. The number of nitro benzene ring substituents is 1. The van der Waals surface area contributed by atoms with Gasteiger partial charge in [0.1, 0.15) is 22.2 Å². The van der Waals surface area contributed by atoms with E-state index in [1.807, 2.05) is 0 Å². The number of hydrogen-bond acceptors (Lipinski definition) is 6. The number of aliphatic imine (C=N–C) groups is 1. The predicted octanol–water partition coefficient (Wildman–Crippen LogP) is 3.96. The van der Waals surface area contributed by atoms with Crippen LogP contribution in [0.25, 0.3) is 5.76 Å². The Bertz CT molecular complexity index is 734. The number of hydrogen-bond donors (Lipinski definition) is 1. The average molecular weight is 379 g/mol. The molecule has 0 amide bonds. The van der Waals surface area contributed by atoms with E-state index in [0.29, 0.717) is 12.6 Å². The smallest absolute Gasteiger partial charge is 0.343 e. The van der Waals surface area contributed by atoms with Gasteiger partial charge in [0.15, 0.2) is 5.02 Å². The minimum atomic E-state index is -1.18. The first kappa shape index (κ1) is 19.9. The third kappa shape index (κ3) is 4.21. The number of nitrogens with zero attached hydrogens (tertiary/aromatic N) is 2. The Labute approximate surface area is 146 Å². The monoisotopic (exact) mass is 378 g/mol. The Morgan fingerprint density at radius 3 is 2.58 bits per heavy atom. The number of ether oxygens (including phenoxy) is 1. The highest BCUT2D eigenvalue weighted by molar-refractivity contribution is 6.39. The summed E-state index contributed by atoms with van der Waals surface area (Å²) >= 11 is 11.4. The largest absolute Gasteiger partial charge is 0.506 e. The fourth-order valence-electron chi connectivity index (χ4n) is 1.67. The molecule has 0 saturated heterocycles. The van der Waals surface area contributed by atoms with Gasteiger partial charge in [-0.2, -0.15) is 0 Å². The molecule has 0 radical (unpaired) electrons. The van der Waals surface area contributed by atoms with Crippen LogP contribution in [0.2, 0.25) is 10.0 Å². The number of aliphatic hydroxyl groups excluding tert-OH is 1. The van der Waals surface area contributed by atoms with Crippen LogP contribution in [0.5, 0.6) is 0 Å². The molecule has 0 atom stereocenters. The van der Waals surface area contributed by atoms with E-state index in [1.165, 1.54) is 0 Å². The maximum absolute atomic E-state index is 13.8. The molecule has 0 aromatic heterocycles. The van der Waals surface area contributed by atoms with Crippen LogP contribution in [-0.2, 0) is 9.53 Å². The van der Waals surface area contributed by atoms with Gasteiger partial charge in [-0.15, -0.1) is 0 Å². The van der Waals surface area contributed by atoms with E-state index >= 15 is 0 Å². The summed E-state index contributed by atoms with van der Waals surface area (Å²) in [5.74, 6) is -2.93. The molecule has 1 N–H and O–H groups in total. The van der Waals surface area contributed by atoms with E-state index < -0.39 is 49.3 Å². The summed E-state index contributed by atoms with van der Waals surface area (Å²) in [6.45, 7) is 3.52. The van der Waals surface area contributed by atoms with E-state index in [0.717, 1.165) is 6.21 Å². The summed E-state index contributed by atoms with van der Waals surface area (Å²) < 4.78 is 18.6. The zero-order valence-corrected chi connectivity index (χ0v) is 14.2. The maximum atomic E-state index is 13.8. The normalized spacial score (nSPS) is 12.2. The highest BCUT2D eigenvalue weighted by Crippen LogP contribution is 2.39. The van der Waals surface area contributed by atoms with E-state index in [4.69, 9.17) is 27.9 Å². The molecule has 24 heavy (non-hydrogen) atoms. The Balaban J connectivity index is 3.68. The van der Waals surface area contributed by atoms with E-state index in [9.17, 15) is 24.4 Å². The van der Waals surface area contributed by atoms with Crippen molar-refractivity contribution in [1.82, 2.24) is 0 Å². The summed E-state index contributed by atoms with van der Waals surface area (Å²) in [6, 6.07) is 0.687. The van der Waals surface area contributed by atoms with Gasteiger partial charge in [-0.05, 0) is 19.9 Å². The van der Waals surface area contributed by atoms with Crippen molar-refractivity contribution in [3.05, 3.63) is 43.2 Å². The van der Waals surface area contributed by atoms with Gasteiger partial charge in [0.25, 0.3) is 0 Å². The molecule has 130 valence electrons. The van der Waals surface area contributed by atoms with Crippen LogP contribution >= 0.6 is 23.2 Å². The molecule has 0 unspecified atom stereocenters. The first-order valence-electron chi connectivity index (χ1n) is 6.68. The summed E-state index contributed by atoms with van der Waals surface area (Å²) in [4.78, 5) is 25.7. The highest BCUT2D eigenvalue weighted by atomic mass is 35.5. The van der Waals surface area contributed by atoms with Gasteiger partial charge in [-0.25, -0.2) is 9.18 Å². The Kier molecular flexibility index (Phi) is 7.12. The molecule has 0 spiro atoms. The van der Waals surface area contributed by atoms with Gasteiger partial charge in [-0.3, -0.25) is 15.1 Å². The van der Waals surface area contributed by atoms with Crippen molar-refractivity contribution in [3.8, 4) is 0 Å². The van der Waals surface area contributed by atoms with Crippen molar-refractivity contribution in [2.75, 3.05) is 13.2 Å². The van der Waals surface area contributed by atoms with Crippen molar-refractivity contribution in [2.45, 2.75) is 13.8 Å². The van der Waals surface area contributed by atoms with Gasteiger partial charge < -0.3 is 9.84 Å². The first-order valence-corrected chi connectivity index (χ1v) is 7.44. The molecule has 0 bridgehead atoms. The van der Waals surface area contributed by atoms with E-state index in [-0.39, 0.29) is 6.61 Å². The molecule has 1 aromatic carbocycles. The van der Waals surface area contributed by atoms with Crippen LogP contribution < -0.4 is 0 Å². The van der Waals surface area contributed by atoms with E-state index in [2.05, 4.69) is 4.99 Å². The lowest BCUT2D eigenvalue weighted by Gasteiger charge is -2.10. The summed E-state index contributed by atoms with van der Waals surface area (Å²) in [6.07, 6.45) is 1.02. The summed E-state index contributed by atoms with van der Waals surface area (Å²) in [7, 11) is 0. The minimum Gasteiger partial charge on any atom is -0.506 e. The fraction of sp³-hybridized carbons (Fsp3) is 0.286. The number of halogens is 3. The Hall–Kier alpha value is -2.19. The van der Waals surface area contributed by atoms with Crippen molar-refractivity contribution in [1.29, 1.82) is 0 Å². The Morgan fingerprint density at radius 2 is 2.08 bits per heavy atom. The second kappa shape index (κ2) is 8.60. The number of nitro groups is 1. The van der Waals surface area contributed by atoms with Crippen molar-refractivity contribution in [3.63, 3.8) is 0 Å². The molecule has 7 nitrogen and oxygen atoms in total. The molecule has 0 heterocycles. The number of esters is 1. The lowest BCUT2D eigenvalue weighted by atomic mass is 10.1. The van der Waals surface area contributed by atoms with Gasteiger partial charge in [-0.1, -0.05) is 23.2 Å². The van der Waals surface area contributed by atoms with Crippen LogP contribution in [0.3, 0.4) is 0 Å². The van der Waals surface area contributed by atoms with Crippen LogP contribution in [0.1, 0.15) is 19.4 Å². The van der Waals surface area contributed by atoms with Crippen molar-refractivity contribution >= 4 is 46.8 Å². The number of aliphatic hydroxyl groups is 1. The fourth-order valence-corrected chi connectivity index (χ4v) is 2.24. The van der Waals surface area contributed by atoms with Crippen molar-refractivity contribution in [2.24, 2.45) is 4.99 Å². The third-order valence-electron chi connectivity index (χ3n) is 2.72. The average Bonchev–Trinajstić information content (AvgIpc) is 2.51. The maximum Gasteiger partial charge on any atom is 0.343 e. The highest BCUT2D eigenvalue weighted by Gasteiger charge is 2.28. The SMILES string of the molecule is CCN=CC(C(=O)OCC)=C(O)c1cc(F)c(Cl)c([N+](=O)[O-])c1Cl. The second-order valence-corrected chi connectivity index (χ2v) is 5.01. The Morgan fingerprint density at radius 1 is 1.46 bits per heavy atom. The molecular weight excluding hydrogens is 366 g/mol. The molecule has 1 rings (SSSR count). The molecule has 0 aliphatic carbocycles. The lowest BCUT2D eigenvalue weighted by Crippen LogP contribution is -2.12. The predicted molar refractivity (Wildman–Crippen MR) is 88.3 cm³/mol. The molecule has 0 aliphatic rings. The molecule has 0 aliphatic heterocycles. The number of carbonyl (C=O) groups is 1. The van der Waals surface area contributed by atoms with Gasteiger partial charge >= 0.3 is 11.7 Å². The quantitative estimate of drug-likeness (QED) is 0.153. The molecular formula is C14H13Cl2FN2O5. The second-order valence-electron chi connectivity index (χ2n) is 4.25. The van der Waals surface area contributed by atoms with Gasteiger partial charge in [0.05, 0.1) is 11.5 Å². The number of benzene rings is 1. The van der Waals surface area contributed by atoms with E-state index in [1.54, 1.807) is 13.8 Å². The zero-order valence-electron chi connectivity index (χ0n) is 12.7. The molecule has 1 aromatic rings. The standard InChI is InChI=1S/C14H13Cl2FN2O5/c1-3-18-6-8(14(21)24-4-2)13(20)7-5-9(17)11(16)12(10(7)15)19(22)23/h5-6,20H,3-4H2,1-2H3. The minimum absolute atomic E-state index is 0.0123. The van der Waals surface area contributed by atoms with Gasteiger partial charge in [0.2, 0.25) is 0 Å². The van der Waals surface area contributed by atoms with Crippen LogP contribution in [-0.4, -0.2) is 35.4 Å². The van der Waals surface area contributed by atoms with Gasteiger partial charge in [0, 0.05) is 18.3 Å². The third-order valence-corrected chi connectivity index (χ3v) is 3.47. The summed E-state index contributed by atoms with van der Waals surface area (Å²) in [5, 5.41) is 19.9. The summed E-state index contributed by atoms with van der Waals surface area (Å²) in [5.41, 5.74) is -1.82. The number of rotatable bonds is 6. The topological polar surface area (TPSA) is 102 Å². The zero-order chi connectivity index (χ0) is 18.4. The van der Waals surface area contributed by atoms with Crippen molar-refractivity contribution < 1.29 is 24.0 Å².